The van der Waals surface area contributed by atoms with E-state index in [9.17, 15) is 14.4 Å². The molecule has 0 aliphatic heterocycles. The summed E-state index contributed by atoms with van der Waals surface area (Å²) in [5.41, 5.74) is 4.17. The SMILES string of the molecule is CCCN(CCC)C(=O)c1cccc(NCC(=O)Nc2ccc(NC(=O)c3cccc(C)c3)cc2)c1. The third-order valence-electron chi connectivity index (χ3n) is 5.54. The quantitative estimate of drug-likeness (QED) is 0.331. The molecule has 188 valence electrons. The van der Waals surface area contributed by atoms with Gasteiger partial charge in [-0.3, -0.25) is 14.4 Å². The second kappa shape index (κ2) is 13.1. The van der Waals surface area contributed by atoms with E-state index in [1.807, 2.05) is 42.2 Å². The number of hydrogen-bond donors (Lipinski definition) is 3. The van der Waals surface area contributed by atoms with Crippen molar-refractivity contribution in [3.8, 4) is 0 Å². The Morgan fingerprint density at radius 1 is 0.722 bits per heavy atom. The smallest absolute Gasteiger partial charge is 0.255 e. The normalized spacial score (nSPS) is 10.4. The first kappa shape index (κ1) is 26.5. The Morgan fingerprint density at radius 3 is 1.97 bits per heavy atom. The molecular weight excluding hydrogens is 452 g/mol. The van der Waals surface area contributed by atoms with Gasteiger partial charge in [0.2, 0.25) is 5.91 Å². The maximum atomic E-state index is 12.8. The first-order chi connectivity index (χ1) is 17.4. The predicted octanol–water partition coefficient (Wildman–Crippen LogP) is 5.56. The Bertz CT molecular complexity index is 1190. The van der Waals surface area contributed by atoms with Crippen molar-refractivity contribution in [2.24, 2.45) is 0 Å². The average molecular weight is 487 g/mol. The lowest BCUT2D eigenvalue weighted by Crippen LogP contribution is -2.32. The van der Waals surface area contributed by atoms with E-state index in [4.69, 9.17) is 0 Å². The fourth-order valence-corrected chi connectivity index (χ4v) is 3.81. The van der Waals surface area contributed by atoms with Crippen LogP contribution in [0.2, 0.25) is 0 Å². The molecule has 3 rings (SSSR count). The highest BCUT2D eigenvalue weighted by Gasteiger charge is 2.14. The van der Waals surface area contributed by atoms with Crippen molar-refractivity contribution in [1.29, 1.82) is 0 Å². The van der Waals surface area contributed by atoms with Crippen LogP contribution in [0.3, 0.4) is 0 Å². The van der Waals surface area contributed by atoms with Crippen molar-refractivity contribution >= 4 is 34.8 Å². The van der Waals surface area contributed by atoms with Crippen LogP contribution < -0.4 is 16.0 Å². The molecule has 0 saturated heterocycles. The van der Waals surface area contributed by atoms with Gasteiger partial charge >= 0.3 is 0 Å². The molecule has 3 aromatic carbocycles. The topological polar surface area (TPSA) is 90.5 Å². The van der Waals surface area contributed by atoms with Gasteiger partial charge in [0.15, 0.2) is 0 Å². The number of anilines is 3. The van der Waals surface area contributed by atoms with Gasteiger partial charge in [0.1, 0.15) is 0 Å². The van der Waals surface area contributed by atoms with Crippen molar-refractivity contribution in [2.75, 3.05) is 35.6 Å². The first-order valence-corrected chi connectivity index (χ1v) is 12.3. The summed E-state index contributed by atoms with van der Waals surface area (Å²) in [6.07, 6.45) is 1.81. The molecule has 0 aliphatic rings. The minimum atomic E-state index is -0.220. The van der Waals surface area contributed by atoms with Crippen molar-refractivity contribution in [3.63, 3.8) is 0 Å². The van der Waals surface area contributed by atoms with Crippen LogP contribution in [0.1, 0.15) is 53.0 Å². The van der Waals surface area contributed by atoms with Crippen molar-refractivity contribution in [3.05, 3.63) is 89.5 Å². The van der Waals surface area contributed by atoms with E-state index in [0.717, 1.165) is 31.5 Å². The van der Waals surface area contributed by atoms with E-state index < -0.39 is 0 Å². The Morgan fingerprint density at radius 2 is 1.33 bits per heavy atom. The molecule has 0 aliphatic carbocycles. The molecule has 0 spiro atoms. The highest BCUT2D eigenvalue weighted by molar-refractivity contribution is 6.04. The number of nitrogens with zero attached hydrogens (tertiary/aromatic N) is 1. The van der Waals surface area contributed by atoms with Crippen LogP contribution in [-0.4, -0.2) is 42.3 Å². The Kier molecular flexibility index (Phi) is 9.63. The zero-order valence-corrected chi connectivity index (χ0v) is 21.1. The van der Waals surface area contributed by atoms with E-state index in [-0.39, 0.29) is 24.3 Å². The van der Waals surface area contributed by atoms with Crippen LogP contribution >= 0.6 is 0 Å². The zero-order valence-electron chi connectivity index (χ0n) is 21.1. The number of carbonyl (C=O) groups is 3. The molecule has 0 atom stereocenters. The van der Waals surface area contributed by atoms with Gasteiger partial charge in [-0.1, -0.05) is 37.6 Å². The molecule has 0 bridgehead atoms. The third kappa shape index (κ3) is 7.70. The van der Waals surface area contributed by atoms with Gasteiger partial charge in [-0.15, -0.1) is 0 Å². The molecule has 0 heterocycles. The monoisotopic (exact) mass is 486 g/mol. The predicted molar refractivity (Wildman–Crippen MR) is 146 cm³/mol. The maximum Gasteiger partial charge on any atom is 0.255 e. The van der Waals surface area contributed by atoms with Crippen LogP contribution in [0.5, 0.6) is 0 Å². The van der Waals surface area contributed by atoms with E-state index in [1.54, 1.807) is 42.5 Å². The van der Waals surface area contributed by atoms with Gasteiger partial charge < -0.3 is 20.9 Å². The molecule has 0 unspecified atom stereocenters. The molecule has 3 N–H and O–H groups in total. The summed E-state index contributed by atoms with van der Waals surface area (Å²) in [7, 11) is 0. The molecule has 0 fully saturated rings. The van der Waals surface area contributed by atoms with Crippen LogP contribution in [0.4, 0.5) is 17.1 Å². The van der Waals surface area contributed by atoms with Crippen LogP contribution in [0.15, 0.2) is 72.8 Å². The van der Waals surface area contributed by atoms with E-state index in [2.05, 4.69) is 29.8 Å². The summed E-state index contributed by atoms with van der Waals surface area (Å²) in [5, 5.41) is 8.77. The first-order valence-electron chi connectivity index (χ1n) is 12.3. The molecule has 0 saturated carbocycles. The van der Waals surface area contributed by atoms with Gasteiger partial charge in [-0.25, -0.2) is 0 Å². The summed E-state index contributed by atoms with van der Waals surface area (Å²) in [6, 6.07) is 21.5. The number of rotatable bonds is 11. The lowest BCUT2D eigenvalue weighted by Gasteiger charge is -2.21. The number of benzene rings is 3. The number of amides is 3. The Balaban J connectivity index is 1.52. The molecule has 3 amide bonds. The molecular formula is C29H34N4O3. The summed E-state index contributed by atoms with van der Waals surface area (Å²) in [4.78, 5) is 39.5. The highest BCUT2D eigenvalue weighted by Crippen LogP contribution is 2.16. The van der Waals surface area contributed by atoms with E-state index in [0.29, 0.717) is 28.2 Å². The minimum absolute atomic E-state index is 0.00128. The number of nitrogens with one attached hydrogen (secondary N) is 3. The third-order valence-corrected chi connectivity index (χ3v) is 5.54. The van der Waals surface area contributed by atoms with Crippen LogP contribution in [0, 0.1) is 6.92 Å². The van der Waals surface area contributed by atoms with Crippen molar-refractivity contribution in [1.82, 2.24) is 4.90 Å². The minimum Gasteiger partial charge on any atom is -0.376 e. The summed E-state index contributed by atoms with van der Waals surface area (Å²) in [6.45, 7) is 7.55. The fraction of sp³-hybridized carbons (Fsp3) is 0.276. The number of aryl methyl sites for hydroxylation is 1. The summed E-state index contributed by atoms with van der Waals surface area (Å²) in [5.74, 6) is -0.406. The van der Waals surface area contributed by atoms with Gasteiger partial charge in [0, 0.05) is 41.3 Å². The average Bonchev–Trinajstić information content (AvgIpc) is 2.88. The van der Waals surface area contributed by atoms with Crippen molar-refractivity contribution < 1.29 is 14.4 Å². The zero-order chi connectivity index (χ0) is 25.9. The van der Waals surface area contributed by atoms with E-state index in [1.165, 1.54) is 0 Å². The molecule has 7 nitrogen and oxygen atoms in total. The van der Waals surface area contributed by atoms with Crippen LogP contribution in [-0.2, 0) is 4.79 Å². The molecule has 36 heavy (non-hydrogen) atoms. The molecule has 0 radical (unpaired) electrons. The molecule has 0 aromatic heterocycles. The summed E-state index contributed by atoms with van der Waals surface area (Å²) >= 11 is 0. The standard InChI is InChI=1S/C29H34N4O3/c1-4-16-33(17-5-2)29(36)23-10-7-11-26(19-23)30-20-27(34)31-24-12-14-25(15-13-24)32-28(35)22-9-6-8-21(3)18-22/h6-15,18-19,30H,4-5,16-17,20H2,1-3H3,(H,31,34)(H,32,35). The highest BCUT2D eigenvalue weighted by atomic mass is 16.2. The van der Waals surface area contributed by atoms with E-state index >= 15 is 0 Å². The lowest BCUT2D eigenvalue weighted by molar-refractivity contribution is -0.114. The Hall–Kier alpha value is -4.13. The lowest BCUT2D eigenvalue weighted by atomic mass is 10.1. The second-order valence-electron chi connectivity index (χ2n) is 8.68. The second-order valence-corrected chi connectivity index (χ2v) is 8.68. The van der Waals surface area contributed by atoms with Gasteiger partial charge in [0.25, 0.3) is 11.8 Å². The summed E-state index contributed by atoms with van der Waals surface area (Å²) < 4.78 is 0. The largest absolute Gasteiger partial charge is 0.376 e. The number of hydrogen-bond acceptors (Lipinski definition) is 4. The van der Waals surface area contributed by atoms with Crippen molar-refractivity contribution in [2.45, 2.75) is 33.6 Å². The van der Waals surface area contributed by atoms with Gasteiger partial charge in [-0.2, -0.15) is 0 Å². The fourth-order valence-electron chi connectivity index (χ4n) is 3.81. The van der Waals surface area contributed by atoms with Crippen LogP contribution in [0.25, 0.3) is 0 Å². The molecule has 7 heteroatoms. The number of carbonyl (C=O) groups excluding carboxylic acids is 3. The van der Waals surface area contributed by atoms with Gasteiger partial charge in [-0.05, 0) is 74.4 Å². The van der Waals surface area contributed by atoms with Gasteiger partial charge in [0.05, 0.1) is 6.54 Å². The molecule has 3 aromatic rings. The maximum absolute atomic E-state index is 12.8. The Labute approximate surface area is 212 Å².